The minimum Gasteiger partial charge on any atom is -0.383 e. The fourth-order valence-electron chi connectivity index (χ4n) is 1.79. The van der Waals surface area contributed by atoms with Gasteiger partial charge in [0.25, 0.3) is 0 Å². The van der Waals surface area contributed by atoms with E-state index in [1.54, 1.807) is 10.9 Å². The number of benzene rings is 1. The molecule has 0 atom stereocenters. The molecule has 0 fully saturated rings. The average molecular weight is 251 g/mol. The third kappa shape index (κ3) is 2.34. The molecule has 1 heterocycles. The Morgan fingerprint density at radius 3 is 2.78 bits per heavy atom. The molecule has 0 spiro atoms. The molecule has 96 valence electrons. The molecule has 1 aromatic carbocycles. The van der Waals surface area contributed by atoms with Crippen LogP contribution in [0.25, 0.3) is 11.3 Å². The van der Waals surface area contributed by atoms with Crippen LogP contribution in [0, 0.1) is 11.6 Å². The highest BCUT2D eigenvalue weighted by atomic mass is 19.1. The Morgan fingerprint density at radius 1 is 1.33 bits per heavy atom. The molecule has 2 aromatic rings. The third-order valence-electron chi connectivity index (χ3n) is 2.82. The van der Waals surface area contributed by atoms with Crippen LogP contribution in [0.4, 0.5) is 14.6 Å². The first kappa shape index (κ1) is 12.5. The fourth-order valence-corrected chi connectivity index (χ4v) is 1.79. The van der Waals surface area contributed by atoms with E-state index in [0.717, 1.165) is 25.5 Å². The van der Waals surface area contributed by atoms with Crippen molar-refractivity contribution in [1.82, 2.24) is 9.55 Å². The van der Waals surface area contributed by atoms with E-state index >= 15 is 0 Å². The Bertz CT molecular complexity index is 549. The van der Waals surface area contributed by atoms with Crippen molar-refractivity contribution in [3.8, 4) is 11.3 Å². The van der Waals surface area contributed by atoms with Gasteiger partial charge in [0.15, 0.2) is 0 Å². The molecule has 3 nitrogen and oxygen atoms in total. The predicted octanol–water partition coefficient (Wildman–Crippen LogP) is 3.21. The second-order valence-electron chi connectivity index (χ2n) is 4.15. The van der Waals surface area contributed by atoms with Crippen LogP contribution < -0.4 is 5.73 Å². The zero-order valence-corrected chi connectivity index (χ0v) is 10.2. The smallest absolute Gasteiger partial charge is 0.135 e. The normalized spacial score (nSPS) is 10.8. The maximum absolute atomic E-state index is 13.6. The average Bonchev–Trinajstić information content (AvgIpc) is 2.68. The number of hydrogen-bond donors (Lipinski definition) is 1. The van der Waals surface area contributed by atoms with E-state index in [9.17, 15) is 8.78 Å². The maximum Gasteiger partial charge on any atom is 0.135 e. The van der Waals surface area contributed by atoms with Gasteiger partial charge in [-0.1, -0.05) is 13.3 Å². The summed E-state index contributed by atoms with van der Waals surface area (Å²) < 4.78 is 28.3. The Balaban J connectivity index is 2.36. The molecule has 18 heavy (non-hydrogen) atoms. The van der Waals surface area contributed by atoms with E-state index in [2.05, 4.69) is 11.9 Å². The second kappa shape index (κ2) is 5.16. The number of rotatable bonds is 4. The van der Waals surface area contributed by atoms with Crippen LogP contribution in [-0.2, 0) is 6.54 Å². The molecular formula is C13H15F2N3. The third-order valence-corrected chi connectivity index (χ3v) is 2.82. The lowest BCUT2D eigenvalue weighted by Crippen LogP contribution is -2.02. The quantitative estimate of drug-likeness (QED) is 0.906. The molecule has 0 saturated heterocycles. The van der Waals surface area contributed by atoms with E-state index in [-0.39, 0.29) is 5.56 Å². The van der Waals surface area contributed by atoms with Crippen molar-refractivity contribution in [2.45, 2.75) is 26.3 Å². The van der Waals surface area contributed by atoms with Crippen molar-refractivity contribution in [3.05, 3.63) is 36.2 Å². The van der Waals surface area contributed by atoms with Gasteiger partial charge in [-0.25, -0.2) is 13.8 Å². The zero-order chi connectivity index (χ0) is 13.1. The van der Waals surface area contributed by atoms with Gasteiger partial charge in [-0.3, -0.25) is 0 Å². The number of aryl methyl sites for hydroxylation is 1. The Kier molecular flexibility index (Phi) is 3.60. The molecule has 0 radical (unpaired) electrons. The van der Waals surface area contributed by atoms with Crippen LogP contribution in [0.3, 0.4) is 0 Å². The summed E-state index contributed by atoms with van der Waals surface area (Å²) in [5.74, 6) is -0.850. The number of aromatic nitrogens is 2. The zero-order valence-electron chi connectivity index (χ0n) is 10.2. The van der Waals surface area contributed by atoms with Crippen molar-refractivity contribution in [1.29, 1.82) is 0 Å². The van der Waals surface area contributed by atoms with E-state index in [4.69, 9.17) is 5.73 Å². The SMILES string of the molecule is CCCCn1cnc(-c2ccc(F)cc2F)c1N. The second-order valence-corrected chi connectivity index (χ2v) is 4.15. The topological polar surface area (TPSA) is 43.8 Å². The molecular weight excluding hydrogens is 236 g/mol. The largest absolute Gasteiger partial charge is 0.383 e. The monoisotopic (exact) mass is 251 g/mol. The highest BCUT2D eigenvalue weighted by Crippen LogP contribution is 2.27. The summed E-state index contributed by atoms with van der Waals surface area (Å²) in [6.07, 6.45) is 3.60. The summed E-state index contributed by atoms with van der Waals surface area (Å²) in [6.45, 7) is 2.83. The Morgan fingerprint density at radius 2 is 2.11 bits per heavy atom. The van der Waals surface area contributed by atoms with Crippen molar-refractivity contribution < 1.29 is 8.78 Å². The van der Waals surface area contributed by atoms with Gasteiger partial charge in [-0.2, -0.15) is 0 Å². The number of anilines is 1. The molecule has 0 aliphatic carbocycles. The van der Waals surface area contributed by atoms with Crippen molar-refractivity contribution in [3.63, 3.8) is 0 Å². The van der Waals surface area contributed by atoms with Crippen LogP contribution >= 0.6 is 0 Å². The first-order valence-corrected chi connectivity index (χ1v) is 5.89. The van der Waals surface area contributed by atoms with Gasteiger partial charge >= 0.3 is 0 Å². The van der Waals surface area contributed by atoms with Gasteiger partial charge in [-0.05, 0) is 18.6 Å². The molecule has 0 bridgehead atoms. The van der Waals surface area contributed by atoms with Crippen molar-refractivity contribution in [2.24, 2.45) is 0 Å². The summed E-state index contributed by atoms with van der Waals surface area (Å²) in [4.78, 5) is 4.10. The van der Waals surface area contributed by atoms with E-state index in [0.29, 0.717) is 11.5 Å². The van der Waals surface area contributed by atoms with Gasteiger partial charge in [0.2, 0.25) is 0 Å². The molecule has 0 aliphatic rings. The Hall–Kier alpha value is -1.91. The lowest BCUT2D eigenvalue weighted by atomic mass is 10.1. The summed E-state index contributed by atoms with van der Waals surface area (Å²) in [7, 11) is 0. The number of imidazole rings is 1. The molecule has 0 amide bonds. The number of nitrogen functional groups attached to an aromatic ring is 1. The summed E-state index contributed by atoms with van der Waals surface area (Å²) >= 11 is 0. The number of nitrogens with two attached hydrogens (primary N) is 1. The molecule has 5 heteroatoms. The van der Waals surface area contributed by atoms with Gasteiger partial charge in [0, 0.05) is 18.2 Å². The molecule has 2 N–H and O–H groups in total. The fraction of sp³-hybridized carbons (Fsp3) is 0.308. The van der Waals surface area contributed by atoms with Gasteiger partial charge in [-0.15, -0.1) is 0 Å². The van der Waals surface area contributed by atoms with Crippen LogP contribution in [0.5, 0.6) is 0 Å². The number of hydrogen-bond acceptors (Lipinski definition) is 2. The van der Waals surface area contributed by atoms with E-state index in [1.807, 2.05) is 0 Å². The summed E-state index contributed by atoms with van der Waals surface area (Å²) in [6, 6.07) is 3.39. The number of nitrogens with zero attached hydrogens (tertiary/aromatic N) is 2. The minimum atomic E-state index is -0.651. The van der Waals surface area contributed by atoms with Crippen molar-refractivity contribution >= 4 is 5.82 Å². The van der Waals surface area contributed by atoms with E-state index < -0.39 is 11.6 Å². The van der Waals surface area contributed by atoms with Crippen LogP contribution in [0.2, 0.25) is 0 Å². The molecule has 0 aliphatic heterocycles. The summed E-state index contributed by atoms with van der Waals surface area (Å²) in [5.41, 5.74) is 6.51. The first-order chi connectivity index (χ1) is 8.63. The van der Waals surface area contributed by atoms with Gasteiger partial charge in [0.1, 0.15) is 23.1 Å². The molecule has 1 aromatic heterocycles. The molecule has 2 rings (SSSR count). The highest BCUT2D eigenvalue weighted by molar-refractivity contribution is 5.70. The van der Waals surface area contributed by atoms with Crippen LogP contribution in [0.1, 0.15) is 19.8 Å². The van der Waals surface area contributed by atoms with Gasteiger partial charge in [0.05, 0.1) is 6.33 Å². The minimum absolute atomic E-state index is 0.226. The van der Waals surface area contributed by atoms with Crippen LogP contribution in [0.15, 0.2) is 24.5 Å². The van der Waals surface area contributed by atoms with Crippen molar-refractivity contribution in [2.75, 3.05) is 5.73 Å². The van der Waals surface area contributed by atoms with E-state index in [1.165, 1.54) is 12.1 Å². The summed E-state index contributed by atoms with van der Waals surface area (Å²) in [5, 5.41) is 0. The lowest BCUT2D eigenvalue weighted by molar-refractivity contribution is 0.585. The Labute approximate surface area is 104 Å². The number of unbranched alkanes of at least 4 members (excludes halogenated alkanes) is 1. The first-order valence-electron chi connectivity index (χ1n) is 5.89. The molecule has 0 unspecified atom stereocenters. The maximum atomic E-state index is 13.6. The van der Waals surface area contributed by atoms with Gasteiger partial charge < -0.3 is 10.3 Å². The predicted molar refractivity (Wildman–Crippen MR) is 66.9 cm³/mol. The number of halogens is 2. The highest BCUT2D eigenvalue weighted by Gasteiger charge is 2.14. The lowest BCUT2D eigenvalue weighted by Gasteiger charge is -2.05. The van der Waals surface area contributed by atoms with Crippen LogP contribution in [-0.4, -0.2) is 9.55 Å². The molecule has 0 saturated carbocycles. The standard InChI is InChI=1S/C13H15F2N3/c1-2-3-6-18-8-17-12(13(18)16)10-5-4-9(14)7-11(10)15/h4-5,7-8H,2-3,6,16H2,1H3.